The maximum absolute atomic E-state index is 12.3. The smallest absolute Gasteiger partial charge is 0.239 e. The summed E-state index contributed by atoms with van der Waals surface area (Å²) in [5.41, 5.74) is 6.94. The van der Waals surface area contributed by atoms with Crippen LogP contribution in [0.1, 0.15) is 24.8 Å². The standard InChI is InChI=1S/C16H24N2O3/c1-18(11-14-4-2-3-9-21-14)16(20)15(17)10-12-5-7-13(19)8-6-12/h5-8,14-15,19H,2-4,9-11,17H2,1H3/t14?,15-/m0/s1. The molecule has 5 nitrogen and oxygen atoms in total. The van der Waals surface area contributed by atoms with E-state index in [1.54, 1.807) is 36.2 Å². The van der Waals surface area contributed by atoms with Crippen LogP contribution >= 0.6 is 0 Å². The molecule has 1 aliphatic rings. The Morgan fingerprint density at radius 1 is 1.43 bits per heavy atom. The van der Waals surface area contributed by atoms with Gasteiger partial charge in [-0.1, -0.05) is 12.1 Å². The molecule has 0 saturated carbocycles. The number of phenols is 1. The predicted octanol–water partition coefficient (Wildman–Crippen LogP) is 1.29. The number of amides is 1. The largest absolute Gasteiger partial charge is 0.508 e. The van der Waals surface area contributed by atoms with E-state index in [4.69, 9.17) is 10.5 Å². The van der Waals surface area contributed by atoms with E-state index < -0.39 is 6.04 Å². The SMILES string of the molecule is CN(CC1CCCCO1)C(=O)[C@@H](N)Cc1ccc(O)cc1. The fourth-order valence-corrected chi connectivity index (χ4v) is 2.60. The number of carbonyl (C=O) groups excluding carboxylic acids is 1. The first kappa shape index (κ1) is 15.8. The van der Waals surface area contributed by atoms with Crippen LogP contribution in [0.25, 0.3) is 0 Å². The van der Waals surface area contributed by atoms with Crippen LogP contribution in [-0.4, -0.2) is 48.3 Å². The van der Waals surface area contributed by atoms with Gasteiger partial charge in [0, 0.05) is 20.2 Å². The van der Waals surface area contributed by atoms with Crippen LogP contribution in [0, 0.1) is 0 Å². The lowest BCUT2D eigenvalue weighted by atomic mass is 10.0. The van der Waals surface area contributed by atoms with Crippen molar-refractivity contribution < 1.29 is 14.6 Å². The van der Waals surface area contributed by atoms with E-state index in [0.717, 1.165) is 31.4 Å². The van der Waals surface area contributed by atoms with Crippen molar-refractivity contribution in [1.82, 2.24) is 4.90 Å². The van der Waals surface area contributed by atoms with Crippen LogP contribution in [0.15, 0.2) is 24.3 Å². The highest BCUT2D eigenvalue weighted by Gasteiger charge is 2.22. The summed E-state index contributed by atoms with van der Waals surface area (Å²) in [5, 5.41) is 9.25. The summed E-state index contributed by atoms with van der Waals surface area (Å²) in [7, 11) is 1.77. The number of carbonyl (C=O) groups is 1. The van der Waals surface area contributed by atoms with Gasteiger partial charge in [0.2, 0.25) is 5.91 Å². The first-order chi connectivity index (χ1) is 10.1. The zero-order chi connectivity index (χ0) is 15.2. The van der Waals surface area contributed by atoms with Crippen LogP contribution in [0.4, 0.5) is 0 Å². The molecule has 0 aliphatic carbocycles. The highest BCUT2D eigenvalue weighted by Crippen LogP contribution is 2.15. The monoisotopic (exact) mass is 292 g/mol. The molecular weight excluding hydrogens is 268 g/mol. The summed E-state index contributed by atoms with van der Waals surface area (Å²) >= 11 is 0. The highest BCUT2D eigenvalue weighted by atomic mass is 16.5. The summed E-state index contributed by atoms with van der Waals surface area (Å²) in [5.74, 6) is 0.141. The Kier molecular flexibility index (Phi) is 5.59. The summed E-state index contributed by atoms with van der Waals surface area (Å²) in [6.07, 6.45) is 3.87. The number of rotatable bonds is 5. The lowest BCUT2D eigenvalue weighted by Crippen LogP contribution is -2.46. The number of ether oxygens (including phenoxy) is 1. The molecule has 1 aromatic carbocycles. The van der Waals surface area contributed by atoms with Crippen molar-refractivity contribution in [3.63, 3.8) is 0 Å². The number of nitrogens with two attached hydrogens (primary N) is 1. The molecule has 0 bridgehead atoms. The van der Waals surface area contributed by atoms with E-state index >= 15 is 0 Å². The fourth-order valence-electron chi connectivity index (χ4n) is 2.60. The van der Waals surface area contributed by atoms with E-state index in [1.165, 1.54) is 0 Å². The Morgan fingerprint density at radius 3 is 2.76 bits per heavy atom. The van der Waals surface area contributed by atoms with Gasteiger partial charge < -0.3 is 20.5 Å². The number of phenolic OH excluding ortho intramolecular Hbond substituents is 1. The van der Waals surface area contributed by atoms with Crippen molar-refractivity contribution in [1.29, 1.82) is 0 Å². The summed E-state index contributed by atoms with van der Waals surface area (Å²) < 4.78 is 5.65. The Bertz CT molecular complexity index is 455. The third-order valence-electron chi connectivity index (χ3n) is 3.84. The minimum absolute atomic E-state index is 0.0720. The van der Waals surface area contributed by atoms with Gasteiger partial charge in [0.25, 0.3) is 0 Å². The first-order valence-electron chi connectivity index (χ1n) is 7.46. The zero-order valence-electron chi connectivity index (χ0n) is 12.5. The number of likely N-dealkylation sites (N-methyl/N-ethyl adjacent to an activating group) is 1. The quantitative estimate of drug-likeness (QED) is 0.857. The topological polar surface area (TPSA) is 75.8 Å². The number of aromatic hydroxyl groups is 1. The van der Waals surface area contributed by atoms with Crippen molar-refractivity contribution >= 4 is 5.91 Å². The van der Waals surface area contributed by atoms with Gasteiger partial charge in [-0.25, -0.2) is 0 Å². The summed E-state index contributed by atoms with van der Waals surface area (Å²) in [6, 6.07) is 6.21. The zero-order valence-corrected chi connectivity index (χ0v) is 12.5. The van der Waals surface area contributed by atoms with Gasteiger partial charge in [-0.05, 0) is 43.4 Å². The molecule has 1 amide bonds. The molecule has 0 radical (unpaired) electrons. The lowest BCUT2D eigenvalue weighted by molar-refractivity contribution is -0.133. The third-order valence-corrected chi connectivity index (χ3v) is 3.84. The van der Waals surface area contributed by atoms with Gasteiger partial charge in [0.15, 0.2) is 0 Å². The molecule has 0 aromatic heterocycles. The van der Waals surface area contributed by atoms with E-state index in [1.807, 2.05) is 0 Å². The van der Waals surface area contributed by atoms with E-state index in [0.29, 0.717) is 13.0 Å². The van der Waals surface area contributed by atoms with E-state index in [2.05, 4.69) is 0 Å². The molecule has 1 unspecified atom stereocenters. The average molecular weight is 292 g/mol. The molecule has 2 rings (SSSR count). The van der Waals surface area contributed by atoms with Gasteiger partial charge in [0.05, 0.1) is 12.1 Å². The maximum Gasteiger partial charge on any atom is 0.239 e. The van der Waals surface area contributed by atoms with Crippen LogP contribution in [0.3, 0.4) is 0 Å². The Labute approximate surface area is 125 Å². The van der Waals surface area contributed by atoms with Crippen LogP contribution in [0.2, 0.25) is 0 Å². The van der Waals surface area contributed by atoms with Crippen molar-refractivity contribution in [3.05, 3.63) is 29.8 Å². The second-order valence-electron chi connectivity index (χ2n) is 5.68. The number of benzene rings is 1. The summed E-state index contributed by atoms with van der Waals surface area (Å²) in [6.45, 7) is 1.38. The molecule has 21 heavy (non-hydrogen) atoms. The minimum atomic E-state index is -0.567. The molecule has 2 atom stereocenters. The van der Waals surface area contributed by atoms with Gasteiger partial charge in [0.1, 0.15) is 5.75 Å². The second-order valence-corrected chi connectivity index (χ2v) is 5.68. The molecule has 1 saturated heterocycles. The van der Waals surface area contributed by atoms with Gasteiger partial charge in [-0.2, -0.15) is 0 Å². The van der Waals surface area contributed by atoms with Crippen molar-refractivity contribution in [3.8, 4) is 5.75 Å². The normalized spacial score (nSPS) is 20.0. The summed E-state index contributed by atoms with van der Waals surface area (Å²) in [4.78, 5) is 14.0. The number of nitrogens with zero attached hydrogens (tertiary/aromatic N) is 1. The third kappa shape index (κ3) is 4.72. The van der Waals surface area contributed by atoms with Crippen molar-refractivity contribution in [2.24, 2.45) is 5.73 Å². The van der Waals surface area contributed by atoms with Crippen molar-refractivity contribution in [2.75, 3.05) is 20.2 Å². The number of hydrogen-bond acceptors (Lipinski definition) is 4. The second kappa shape index (κ2) is 7.43. The Balaban J connectivity index is 1.84. The lowest BCUT2D eigenvalue weighted by Gasteiger charge is -2.29. The molecule has 1 aromatic rings. The fraction of sp³-hybridized carbons (Fsp3) is 0.562. The van der Waals surface area contributed by atoms with Crippen LogP contribution in [-0.2, 0) is 16.0 Å². The molecular formula is C16H24N2O3. The van der Waals surface area contributed by atoms with Crippen molar-refractivity contribution in [2.45, 2.75) is 37.8 Å². The molecule has 1 heterocycles. The molecule has 5 heteroatoms. The van der Waals surface area contributed by atoms with Crippen LogP contribution in [0.5, 0.6) is 5.75 Å². The van der Waals surface area contributed by atoms with Gasteiger partial charge in [-0.15, -0.1) is 0 Å². The highest BCUT2D eigenvalue weighted by molar-refractivity contribution is 5.81. The number of hydrogen-bond donors (Lipinski definition) is 2. The predicted molar refractivity (Wildman–Crippen MR) is 81.0 cm³/mol. The van der Waals surface area contributed by atoms with Gasteiger partial charge in [-0.3, -0.25) is 4.79 Å². The maximum atomic E-state index is 12.3. The first-order valence-corrected chi connectivity index (χ1v) is 7.46. The average Bonchev–Trinajstić information content (AvgIpc) is 2.49. The van der Waals surface area contributed by atoms with E-state index in [-0.39, 0.29) is 17.8 Å². The molecule has 0 spiro atoms. The molecule has 3 N–H and O–H groups in total. The van der Waals surface area contributed by atoms with E-state index in [9.17, 15) is 9.90 Å². The molecule has 116 valence electrons. The Hall–Kier alpha value is -1.59. The minimum Gasteiger partial charge on any atom is -0.508 e. The Morgan fingerprint density at radius 2 is 2.14 bits per heavy atom. The molecule has 1 fully saturated rings. The van der Waals surface area contributed by atoms with Crippen LogP contribution < -0.4 is 5.73 Å². The molecule has 1 aliphatic heterocycles. The van der Waals surface area contributed by atoms with Gasteiger partial charge >= 0.3 is 0 Å².